The average molecular weight is 2200 g/mol. The van der Waals surface area contributed by atoms with Crippen molar-refractivity contribution in [3.05, 3.63) is 490 Å². The van der Waals surface area contributed by atoms with Gasteiger partial charge in [0.05, 0.1) is 0 Å². The van der Waals surface area contributed by atoms with Crippen LogP contribution >= 0.6 is 105 Å². The molecule has 0 atom stereocenters. The zero-order valence-corrected chi connectivity index (χ0v) is 85.6. The molecular formula is C125H98Br4I2N2. The molecule has 0 radical (unpaired) electrons. The highest BCUT2D eigenvalue weighted by molar-refractivity contribution is 14.1. The monoisotopic (exact) mass is 2200 g/mol. The standard InChI is InChI=1S/C29H23N.C17H13Br.2C15H12.2C15H10.C12H11N.C6H4BrI.CH3I.Br2/c1-29(2)25-10-6-9-21-11-12-22-17-24(18-26(29)28(22)27(21)25)30-23-15-13-20(14-16-23)19-7-4-3-5-8-19;1-17(2)13-5-3-4-10-6-7-11-8-12(18)9-14(17)16(11)15(10)13;4*1-3-10-7-8-11-4-2-6-13-9-12(5-1)14(10)15(11)13;13-12-8-6-11(7-9-12)10-4-2-1-3-5-10;7-5-1-3-6(8)4-2-5;2*1-2/h3-18,30H,1-2H3;3-9H,1-2H3;2*1-6H,7-9H2;2*1-8H,9H2;1-9H,13H2;1-4H;1H3;. The summed E-state index contributed by atoms with van der Waals surface area (Å²) in [5.41, 5.74) is 44.0. The fourth-order valence-electron chi connectivity index (χ4n) is 22.0. The summed E-state index contributed by atoms with van der Waals surface area (Å²) in [5, 5.41) is 26.1. The van der Waals surface area contributed by atoms with E-state index in [0.717, 1.165) is 47.2 Å². The third kappa shape index (κ3) is 17.4. The minimum absolute atomic E-state index is 0.0102. The molecule has 21 aromatic carbocycles. The summed E-state index contributed by atoms with van der Waals surface area (Å²) in [5.74, 6) is 0. The third-order valence-electron chi connectivity index (χ3n) is 28.1. The van der Waals surface area contributed by atoms with E-state index in [1.807, 2.05) is 59.5 Å². The lowest BCUT2D eigenvalue weighted by molar-refractivity contribution is 0.662. The Hall–Kier alpha value is -11.3. The third-order valence-corrected chi connectivity index (χ3v) is 29.8. The van der Waals surface area contributed by atoms with Crippen molar-refractivity contribution < 1.29 is 0 Å². The van der Waals surface area contributed by atoms with Gasteiger partial charge in [-0.25, -0.2) is 0 Å². The number of rotatable bonds is 4. The first kappa shape index (κ1) is 89.5. The van der Waals surface area contributed by atoms with Crippen LogP contribution < -0.4 is 11.1 Å². The first-order chi connectivity index (χ1) is 65.1. The Balaban J connectivity index is 0.0000000962. The Bertz CT molecular complexity index is 7570. The van der Waals surface area contributed by atoms with E-state index in [1.54, 1.807) is 44.5 Å². The number of nitrogens with one attached hydrogen (secondary N) is 1. The SMILES string of the molecule is BrBr.Brc1ccc(I)cc1.CC1(C)c2cccc3ccc4cc(Br)cc1c4c23.CC1(C)c2cccc3ccc4cc(Nc5ccc(-c6ccccc6)cc5)cc1c4c23.CI.Nc1ccc(-c2ccccc2)cc1.c1cc2c3c(c1)Cc1cccc(c1-3)CC2.c1cc2c3c(c1)Cc1cccc(c1-3)CC2.c1cc2c3c(c1)ccc1cccc(c13)C2.c1cc2c3c(c1)ccc1cccc(c13)C2. The van der Waals surface area contributed by atoms with Gasteiger partial charge in [-0.15, -0.1) is 0 Å². The molecule has 0 bridgehead atoms. The number of hydrogen-bond acceptors (Lipinski definition) is 2. The van der Waals surface area contributed by atoms with Gasteiger partial charge < -0.3 is 11.1 Å². The zero-order chi connectivity index (χ0) is 91.2. The number of hydrogen-bond donors (Lipinski definition) is 2. The summed E-state index contributed by atoms with van der Waals surface area (Å²) in [7, 11) is 0. The van der Waals surface area contributed by atoms with Crippen LogP contribution in [-0.2, 0) is 62.2 Å². The lowest BCUT2D eigenvalue weighted by atomic mass is 9.81. The van der Waals surface area contributed by atoms with Crippen molar-refractivity contribution in [2.75, 3.05) is 16.0 Å². The molecule has 650 valence electrons. The van der Waals surface area contributed by atoms with Crippen molar-refractivity contribution in [3.63, 3.8) is 0 Å². The minimum Gasteiger partial charge on any atom is -0.399 e. The van der Waals surface area contributed by atoms with Crippen molar-refractivity contribution in [3.8, 4) is 44.5 Å². The Morgan fingerprint density at radius 3 is 0.895 bits per heavy atom. The second-order valence-electron chi connectivity index (χ2n) is 36.6. The molecule has 0 saturated carbocycles. The zero-order valence-electron chi connectivity index (χ0n) is 75.0. The maximum absolute atomic E-state index is 5.60. The van der Waals surface area contributed by atoms with Gasteiger partial charge >= 0.3 is 0 Å². The summed E-state index contributed by atoms with van der Waals surface area (Å²) >= 11 is 16.9. The molecule has 0 fully saturated rings. The quantitative estimate of drug-likeness (QED) is 0.0798. The molecule has 0 amide bonds. The maximum atomic E-state index is 5.60. The van der Waals surface area contributed by atoms with Crippen molar-refractivity contribution in [2.24, 2.45) is 0 Å². The van der Waals surface area contributed by atoms with Gasteiger partial charge in [-0.2, -0.15) is 0 Å². The number of aryl methyl sites for hydroxylation is 4. The largest absolute Gasteiger partial charge is 0.399 e. The first-order valence-electron chi connectivity index (χ1n) is 45.8. The highest BCUT2D eigenvalue weighted by Crippen LogP contribution is 2.53. The molecule has 0 saturated heterocycles. The van der Waals surface area contributed by atoms with E-state index >= 15 is 0 Å². The van der Waals surface area contributed by atoms with Gasteiger partial charge in [0.25, 0.3) is 0 Å². The molecule has 0 spiro atoms. The molecule has 8 aliphatic carbocycles. The predicted octanol–water partition coefficient (Wildman–Crippen LogP) is 36.7. The summed E-state index contributed by atoms with van der Waals surface area (Å²) in [6.45, 7) is 9.33. The van der Waals surface area contributed by atoms with E-state index in [0.29, 0.717) is 0 Å². The molecule has 8 heteroatoms. The average Bonchev–Trinajstić information content (AvgIpc) is 1.55. The van der Waals surface area contributed by atoms with Crippen LogP contribution in [0.3, 0.4) is 0 Å². The highest BCUT2D eigenvalue weighted by atomic mass is 127. The Labute approximate surface area is 840 Å². The van der Waals surface area contributed by atoms with Gasteiger partial charge in [-0.05, 0) is 371 Å². The van der Waals surface area contributed by atoms with E-state index < -0.39 is 0 Å². The molecule has 0 unspecified atom stereocenters. The smallest absolute Gasteiger partial charge is 0.0393 e. The first-order valence-corrected chi connectivity index (χ1v) is 54.3. The van der Waals surface area contributed by atoms with Crippen LogP contribution in [0.15, 0.2) is 397 Å². The van der Waals surface area contributed by atoms with E-state index in [1.165, 1.54) is 209 Å². The van der Waals surface area contributed by atoms with Gasteiger partial charge in [0.2, 0.25) is 0 Å². The normalized spacial score (nSPS) is 13.3. The second-order valence-corrected chi connectivity index (χ2v) is 39.6. The van der Waals surface area contributed by atoms with E-state index in [9.17, 15) is 0 Å². The van der Waals surface area contributed by atoms with Crippen LogP contribution in [0.4, 0.5) is 17.1 Å². The summed E-state index contributed by atoms with van der Waals surface area (Å²) < 4.78 is 3.58. The fraction of sp³-hybridized carbons (Fsp3) is 0.120. The van der Waals surface area contributed by atoms with Crippen molar-refractivity contribution in [1.82, 2.24) is 0 Å². The van der Waals surface area contributed by atoms with Gasteiger partial charge in [-0.3, -0.25) is 0 Å². The minimum atomic E-state index is 0.0102. The molecule has 0 heterocycles. The number of benzene rings is 21. The number of anilines is 3. The molecule has 2 nitrogen and oxygen atoms in total. The Kier molecular flexibility index (Phi) is 26.0. The lowest BCUT2D eigenvalue weighted by Gasteiger charge is -2.22. The molecule has 3 N–H and O–H groups in total. The summed E-state index contributed by atoms with van der Waals surface area (Å²) in [6.07, 6.45) is 9.39. The van der Waals surface area contributed by atoms with Crippen molar-refractivity contribution in [1.29, 1.82) is 0 Å². The van der Waals surface area contributed by atoms with Gasteiger partial charge in [0, 0.05) is 68.7 Å². The van der Waals surface area contributed by atoms with E-state index in [-0.39, 0.29) is 10.8 Å². The lowest BCUT2D eigenvalue weighted by Crippen LogP contribution is -2.15. The topological polar surface area (TPSA) is 38.0 Å². The number of halogens is 6. The molecule has 0 aliphatic heterocycles. The predicted molar refractivity (Wildman–Crippen MR) is 604 cm³/mol. The van der Waals surface area contributed by atoms with Crippen LogP contribution in [0, 0.1) is 3.57 Å². The number of nitrogens with two attached hydrogens (primary N) is 1. The van der Waals surface area contributed by atoms with Crippen LogP contribution in [0.1, 0.15) is 117 Å². The molecule has 21 aromatic rings. The highest BCUT2D eigenvalue weighted by Gasteiger charge is 2.37. The molecular weight excluding hydrogens is 2100 g/mol. The van der Waals surface area contributed by atoms with Crippen LogP contribution in [-0.4, -0.2) is 4.93 Å². The Morgan fingerprint density at radius 1 is 0.241 bits per heavy atom. The number of alkyl halides is 1. The van der Waals surface area contributed by atoms with E-state index in [2.05, 4.69) is 472 Å². The molecule has 29 rings (SSSR count). The van der Waals surface area contributed by atoms with Crippen LogP contribution in [0.25, 0.3) is 131 Å². The Morgan fingerprint density at radius 2 is 0.526 bits per heavy atom. The van der Waals surface area contributed by atoms with Gasteiger partial charge in [0.1, 0.15) is 0 Å². The summed E-state index contributed by atoms with van der Waals surface area (Å²) in [6, 6.07) is 140. The molecule has 8 aliphatic rings. The molecule has 133 heavy (non-hydrogen) atoms. The maximum Gasteiger partial charge on any atom is 0.0393 e. The van der Waals surface area contributed by atoms with Crippen molar-refractivity contribution in [2.45, 2.75) is 89.9 Å². The van der Waals surface area contributed by atoms with Gasteiger partial charge in [-0.1, -0.05) is 398 Å². The molecule has 0 aromatic heterocycles. The fourth-order valence-corrected chi connectivity index (χ4v) is 23.1. The van der Waals surface area contributed by atoms with Crippen LogP contribution in [0.5, 0.6) is 0 Å². The van der Waals surface area contributed by atoms with Crippen molar-refractivity contribution >= 4 is 209 Å². The summed E-state index contributed by atoms with van der Waals surface area (Å²) in [4.78, 5) is 1.97. The number of nitrogen functional groups attached to an aromatic ring is 1. The second kappa shape index (κ2) is 38.6. The van der Waals surface area contributed by atoms with Gasteiger partial charge in [0.15, 0.2) is 0 Å². The van der Waals surface area contributed by atoms with Crippen LogP contribution in [0.2, 0.25) is 0 Å². The van der Waals surface area contributed by atoms with E-state index in [4.69, 9.17) is 5.73 Å².